The molecule has 1 aliphatic rings. The molecule has 3 nitrogen and oxygen atoms in total. The summed E-state index contributed by atoms with van der Waals surface area (Å²) in [5.74, 6) is 0. The van der Waals surface area contributed by atoms with Gasteiger partial charge in [-0.15, -0.1) is 0 Å². The average molecular weight is 247 g/mol. The monoisotopic (exact) mass is 247 g/mol. The Kier molecular flexibility index (Phi) is 5.17. The molecule has 3 heteroatoms. The number of piperazine rings is 1. The highest BCUT2D eigenvalue weighted by molar-refractivity contribution is 5.14. The molecule has 1 aromatic rings. The Balaban J connectivity index is 1.71. The molecule has 1 saturated heterocycles. The van der Waals surface area contributed by atoms with Gasteiger partial charge in [0.15, 0.2) is 0 Å². The van der Waals surface area contributed by atoms with E-state index >= 15 is 0 Å². The molecule has 0 aliphatic carbocycles. The van der Waals surface area contributed by atoms with Crippen LogP contribution in [0.25, 0.3) is 0 Å². The minimum atomic E-state index is 0.529. The molecule has 0 bridgehead atoms. The number of hydrogen-bond donors (Lipinski definition) is 1. The van der Waals surface area contributed by atoms with Gasteiger partial charge >= 0.3 is 0 Å². The summed E-state index contributed by atoms with van der Waals surface area (Å²) < 4.78 is 0. The third-order valence-corrected chi connectivity index (χ3v) is 3.93. The molecule has 1 heterocycles. The topological polar surface area (TPSA) is 32.5 Å². The fourth-order valence-electron chi connectivity index (χ4n) is 2.51. The van der Waals surface area contributed by atoms with Crippen molar-refractivity contribution in [2.24, 2.45) is 5.73 Å². The van der Waals surface area contributed by atoms with Crippen LogP contribution in [-0.2, 0) is 6.42 Å². The summed E-state index contributed by atoms with van der Waals surface area (Å²) in [6.07, 6.45) is 1.16. The van der Waals surface area contributed by atoms with Crippen LogP contribution < -0.4 is 5.73 Å². The highest BCUT2D eigenvalue weighted by Crippen LogP contribution is 2.07. The lowest BCUT2D eigenvalue weighted by Crippen LogP contribution is -2.51. The summed E-state index contributed by atoms with van der Waals surface area (Å²) in [4.78, 5) is 5.06. The summed E-state index contributed by atoms with van der Waals surface area (Å²) in [7, 11) is 0. The minimum absolute atomic E-state index is 0.529. The van der Waals surface area contributed by atoms with Gasteiger partial charge in [0, 0.05) is 45.3 Å². The lowest BCUT2D eigenvalue weighted by atomic mass is 10.1. The first-order chi connectivity index (χ1) is 8.79. The van der Waals surface area contributed by atoms with Crippen LogP contribution in [0.1, 0.15) is 12.5 Å². The molecule has 18 heavy (non-hydrogen) atoms. The predicted octanol–water partition coefficient (Wildman–Crippen LogP) is 1.19. The van der Waals surface area contributed by atoms with Gasteiger partial charge in [-0.05, 0) is 18.9 Å². The molecular weight excluding hydrogens is 222 g/mol. The van der Waals surface area contributed by atoms with E-state index in [9.17, 15) is 0 Å². The van der Waals surface area contributed by atoms with E-state index in [1.54, 1.807) is 0 Å². The SMILES string of the molecule is CC(CN)N1CCN(CCc2ccccc2)CC1. The third kappa shape index (κ3) is 3.80. The molecule has 0 spiro atoms. The fourth-order valence-corrected chi connectivity index (χ4v) is 2.51. The zero-order valence-corrected chi connectivity index (χ0v) is 11.4. The van der Waals surface area contributed by atoms with Gasteiger partial charge in [0.25, 0.3) is 0 Å². The number of nitrogens with zero attached hydrogens (tertiary/aromatic N) is 2. The normalized spacial score (nSPS) is 19.9. The first kappa shape index (κ1) is 13.5. The van der Waals surface area contributed by atoms with Crippen molar-refractivity contribution in [1.29, 1.82) is 0 Å². The second kappa shape index (κ2) is 6.88. The number of rotatable bonds is 5. The third-order valence-electron chi connectivity index (χ3n) is 3.93. The lowest BCUT2D eigenvalue weighted by molar-refractivity contribution is 0.106. The van der Waals surface area contributed by atoms with Gasteiger partial charge in [0.2, 0.25) is 0 Å². The van der Waals surface area contributed by atoms with E-state index in [-0.39, 0.29) is 0 Å². The van der Waals surface area contributed by atoms with Crippen LogP contribution in [0.3, 0.4) is 0 Å². The Hall–Kier alpha value is -0.900. The second-order valence-electron chi connectivity index (χ2n) is 5.20. The molecule has 1 unspecified atom stereocenters. The van der Waals surface area contributed by atoms with Crippen LogP contribution >= 0.6 is 0 Å². The van der Waals surface area contributed by atoms with Gasteiger partial charge in [-0.25, -0.2) is 0 Å². The van der Waals surface area contributed by atoms with Crippen molar-refractivity contribution >= 4 is 0 Å². The predicted molar refractivity (Wildman–Crippen MR) is 76.7 cm³/mol. The zero-order chi connectivity index (χ0) is 12.8. The van der Waals surface area contributed by atoms with Crippen molar-refractivity contribution in [3.8, 4) is 0 Å². The highest BCUT2D eigenvalue weighted by Gasteiger charge is 2.19. The van der Waals surface area contributed by atoms with E-state index in [1.165, 1.54) is 25.2 Å². The molecular formula is C15H25N3. The highest BCUT2D eigenvalue weighted by atomic mass is 15.3. The Labute approximate surface area is 111 Å². The summed E-state index contributed by atoms with van der Waals surface area (Å²) >= 11 is 0. The molecule has 0 saturated carbocycles. The quantitative estimate of drug-likeness (QED) is 0.848. The van der Waals surface area contributed by atoms with Crippen molar-refractivity contribution in [3.63, 3.8) is 0 Å². The Morgan fingerprint density at radius 3 is 2.39 bits per heavy atom. The van der Waals surface area contributed by atoms with Crippen LogP contribution in [0.5, 0.6) is 0 Å². The molecule has 1 aromatic carbocycles. The molecule has 0 radical (unpaired) electrons. The Bertz CT molecular complexity index is 331. The van der Waals surface area contributed by atoms with Gasteiger partial charge < -0.3 is 10.6 Å². The molecule has 2 N–H and O–H groups in total. The van der Waals surface area contributed by atoms with Crippen molar-refractivity contribution in [1.82, 2.24) is 9.80 Å². The average Bonchev–Trinajstić information content (AvgIpc) is 2.46. The van der Waals surface area contributed by atoms with Gasteiger partial charge in [-0.2, -0.15) is 0 Å². The van der Waals surface area contributed by atoms with Crippen molar-refractivity contribution < 1.29 is 0 Å². The molecule has 100 valence electrons. The van der Waals surface area contributed by atoms with Gasteiger partial charge in [0.1, 0.15) is 0 Å². The molecule has 0 aromatic heterocycles. The van der Waals surface area contributed by atoms with E-state index < -0.39 is 0 Å². The van der Waals surface area contributed by atoms with E-state index in [4.69, 9.17) is 5.73 Å². The number of benzene rings is 1. The number of hydrogen-bond acceptors (Lipinski definition) is 3. The smallest absolute Gasteiger partial charge is 0.0191 e. The molecule has 1 fully saturated rings. The van der Waals surface area contributed by atoms with Gasteiger partial charge in [0.05, 0.1) is 0 Å². The van der Waals surface area contributed by atoms with Crippen LogP contribution in [0, 0.1) is 0 Å². The maximum absolute atomic E-state index is 5.72. The van der Waals surface area contributed by atoms with E-state index in [0.29, 0.717) is 6.04 Å². The first-order valence-corrected chi connectivity index (χ1v) is 7.00. The molecule has 1 atom stereocenters. The van der Waals surface area contributed by atoms with Gasteiger partial charge in [-0.1, -0.05) is 30.3 Å². The lowest BCUT2D eigenvalue weighted by Gasteiger charge is -2.37. The maximum Gasteiger partial charge on any atom is 0.0191 e. The first-order valence-electron chi connectivity index (χ1n) is 7.00. The van der Waals surface area contributed by atoms with Gasteiger partial charge in [-0.3, -0.25) is 4.90 Å². The summed E-state index contributed by atoms with van der Waals surface area (Å²) in [6, 6.07) is 11.3. The minimum Gasteiger partial charge on any atom is -0.329 e. The Morgan fingerprint density at radius 2 is 1.78 bits per heavy atom. The summed E-state index contributed by atoms with van der Waals surface area (Å²) in [5, 5.41) is 0. The van der Waals surface area contributed by atoms with Crippen LogP contribution in [0.15, 0.2) is 30.3 Å². The van der Waals surface area contributed by atoms with E-state index in [0.717, 1.165) is 26.1 Å². The largest absolute Gasteiger partial charge is 0.329 e. The number of nitrogens with two attached hydrogens (primary N) is 1. The molecule has 2 rings (SSSR count). The van der Waals surface area contributed by atoms with Crippen molar-refractivity contribution in [3.05, 3.63) is 35.9 Å². The van der Waals surface area contributed by atoms with Crippen LogP contribution in [0.4, 0.5) is 0 Å². The van der Waals surface area contributed by atoms with Crippen LogP contribution in [0.2, 0.25) is 0 Å². The zero-order valence-electron chi connectivity index (χ0n) is 11.4. The van der Waals surface area contributed by atoms with Crippen molar-refractivity contribution in [2.75, 3.05) is 39.3 Å². The molecule has 0 amide bonds. The molecule has 1 aliphatic heterocycles. The van der Waals surface area contributed by atoms with E-state index in [1.807, 2.05) is 0 Å². The summed E-state index contributed by atoms with van der Waals surface area (Å²) in [5.41, 5.74) is 7.16. The Morgan fingerprint density at radius 1 is 1.11 bits per heavy atom. The van der Waals surface area contributed by atoms with E-state index in [2.05, 4.69) is 47.1 Å². The second-order valence-corrected chi connectivity index (χ2v) is 5.20. The maximum atomic E-state index is 5.72. The standard InChI is InChI=1S/C15H25N3/c1-14(13-16)18-11-9-17(10-12-18)8-7-15-5-3-2-4-6-15/h2-6,14H,7-13,16H2,1H3. The van der Waals surface area contributed by atoms with Crippen LogP contribution in [-0.4, -0.2) is 55.1 Å². The van der Waals surface area contributed by atoms with Crippen molar-refractivity contribution in [2.45, 2.75) is 19.4 Å². The fraction of sp³-hybridized carbons (Fsp3) is 0.600. The summed E-state index contributed by atoms with van der Waals surface area (Å²) in [6.45, 7) is 8.84.